The van der Waals surface area contributed by atoms with Gasteiger partial charge in [-0.15, -0.1) is 0 Å². The molecule has 0 unspecified atom stereocenters. The monoisotopic (exact) mass is 905 g/mol. The van der Waals surface area contributed by atoms with Crippen LogP contribution < -0.4 is 9.80 Å². The summed E-state index contributed by atoms with van der Waals surface area (Å²) in [5, 5.41) is 0. The standard InChI is InChI=1S/C55H88N2O8/c1-15-17-19-21-23-25-27-29-35-55(36-30-28-26-24-22-20-18-16-2)45-37-41(56(49(60)64-53(9,10)11)39-47(58)62-51(3,4)5)31-33-43(45)44-34-32-42(38-46(44)55)57(50(61)65-54(12,13)14)40-48(59)63-52(6,7)8/h31-34,37-38H,15-30,35-36,39-40H2,1-14H3. The fourth-order valence-corrected chi connectivity index (χ4v) is 8.75. The van der Waals surface area contributed by atoms with Crippen LogP contribution in [0.25, 0.3) is 11.1 Å². The van der Waals surface area contributed by atoms with Gasteiger partial charge in [0.2, 0.25) is 0 Å². The molecule has 2 aromatic carbocycles. The molecule has 0 heterocycles. The second-order valence-electron chi connectivity index (χ2n) is 22.3. The van der Waals surface area contributed by atoms with Gasteiger partial charge < -0.3 is 18.9 Å². The lowest BCUT2D eigenvalue weighted by atomic mass is 9.70. The van der Waals surface area contributed by atoms with Gasteiger partial charge in [0.15, 0.2) is 0 Å². The van der Waals surface area contributed by atoms with Gasteiger partial charge in [-0.25, -0.2) is 9.59 Å². The number of fused-ring (bicyclic) bond motifs is 3. The zero-order chi connectivity index (χ0) is 48.6. The lowest BCUT2D eigenvalue weighted by Gasteiger charge is -2.35. The van der Waals surface area contributed by atoms with E-state index in [1.165, 1.54) is 74.0 Å². The van der Waals surface area contributed by atoms with Gasteiger partial charge in [-0.05, 0) is 142 Å². The topological polar surface area (TPSA) is 112 Å². The number of amides is 2. The van der Waals surface area contributed by atoms with Gasteiger partial charge in [-0.2, -0.15) is 0 Å². The van der Waals surface area contributed by atoms with Crippen molar-refractivity contribution in [3.8, 4) is 11.1 Å². The van der Waals surface area contributed by atoms with Crippen LogP contribution in [0.5, 0.6) is 0 Å². The van der Waals surface area contributed by atoms with E-state index in [4.69, 9.17) is 18.9 Å². The largest absolute Gasteiger partial charge is 0.459 e. The average molecular weight is 905 g/mol. The van der Waals surface area contributed by atoms with Crippen LogP contribution in [0.3, 0.4) is 0 Å². The summed E-state index contributed by atoms with van der Waals surface area (Å²) >= 11 is 0. The maximum Gasteiger partial charge on any atom is 0.415 e. The van der Waals surface area contributed by atoms with Gasteiger partial charge >= 0.3 is 24.1 Å². The summed E-state index contributed by atoms with van der Waals surface area (Å²) in [7, 11) is 0. The van der Waals surface area contributed by atoms with Crippen LogP contribution in [0, 0.1) is 0 Å². The molecule has 10 heteroatoms. The van der Waals surface area contributed by atoms with Crippen molar-refractivity contribution in [2.75, 3.05) is 22.9 Å². The predicted molar refractivity (Wildman–Crippen MR) is 266 cm³/mol. The molecule has 10 nitrogen and oxygen atoms in total. The van der Waals surface area contributed by atoms with Gasteiger partial charge in [-0.1, -0.05) is 129 Å². The first-order valence-corrected chi connectivity index (χ1v) is 25.0. The van der Waals surface area contributed by atoms with Crippen molar-refractivity contribution in [1.29, 1.82) is 0 Å². The van der Waals surface area contributed by atoms with Crippen molar-refractivity contribution in [2.24, 2.45) is 0 Å². The van der Waals surface area contributed by atoms with E-state index >= 15 is 0 Å². The highest BCUT2D eigenvalue weighted by Gasteiger charge is 2.44. The van der Waals surface area contributed by atoms with Crippen LogP contribution in [-0.4, -0.2) is 59.6 Å². The Bertz CT molecular complexity index is 1710. The third kappa shape index (κ3) is 18.6. The van der Waals surface area contributed by atoms with Crippen LogP contribution in [0.1, 0.15) is 224 Å². The minimum atomic E-state index is -0.803. The van der Waals surface area contributed by atoms with Crippen molar-refractivity contribution in [3.05, 3.63) is 47.5 Å². The molecule has 2 amide bonds. The molecule has 0 bridgehead atoms. The molecule has 3 rings (SSSR count). The van der Waals surface area contributed by atoms with E-state index in [0.717, 1.165) is 73.6 Å². The number of unbranched alkanes of at least 4 members (excludes halogenated alkanes) is 14. The summed E-state index contributed by atoms with van der Waals surface area (Å²) in [5.41, 5.74) is 1.77. The highest BCUT2D eigenvalue weighted by atomic mass is 16.6. The van der Waals surface area contributed by atoms with E-state index in [1.807, 2.05) is 95.2 Å². The first-order chi connectivity index (χ1) is 30.3. The van der Waals surface area contributed by atoms with Crippen molar-refractivity contribution >= 4 is 35.5 Å². The molecule has 0 saturated carbocycles. The Hall–Kier alpha value is -4.08. The Morgan fingerprint density at radius 1 is 0.431 bits per heavy atom. The van der Waals surface area contributed by atoms with Crippen LogP contribution in [0.4, 0.5) is 21.0 Å². The smallest absolute Gasteiger partial charge is 0.415 e. The molecule has 0 radical (unpaired) electrons. The van der Waals surface area contributed by atoms with E-state index in [0.29, 0.717) is 11.4 Å². The highest BCUT2D eigenvalue weighted by Crippen LogP contribution is 2.56. The van der Waals surface area contributed by atoms with Gasteiger partial charge in [-0.3, -0.25) is 19.4 Å². The molecule has 1 aliphatic rings. The van der Waals surface area contributed by atoms with Gasteiger partial charge in [0.05, 0.1) is 0 Å². The van der Waals surface area contributed by atoms with Gasteiger partial charge in [0, 0.05) is 16.8 Å². The predicted octanol–water partition coefficient (Wildman–Crippen LogP) is 15.2. The van der Waals surface area contributed by atoms with Gasteiger partial charge in [0.1, 0.15) is 35.5 Å². The number of rotatable bonds is 24. The molecule has 1 aliphatic carbocycles. The minimum Gasteiger partial charge on any atom is -0.459 e. The van der Waals surface area contributed by atoms with E-state index < -0.39 is 51.9 Å². The summed E-state index contributed by atoms with van der Waals surface area (Å²) in [5.74, 6) is -1.07. The maximum absolute atomic E-state index is 14.1. The van der Waals surface area contributed by atoms with Crippen molar-refractivity contribution < 1.29 is 38.1 Å². The molecule has 0 fully saturated rings. The van der Waals surface area contributed by atoms with E-state index in [-0.39, 0.29) is 13.1 Å². The fraction of sp³-hybridized carbons (Fsp3) is 0.709. The quantitative estimate of drug-likeness (QED) is 0.0582. The number of hydrogen-bond donors (Lipinski definition) is 0. The van der Waals surface area contributed by atoms with Crippen LogP contribution >= 0.6 is 0 Å². The molecule has 0 spiro atoms. The SMILES string of the molecule is CCCCCCCCCCC1(CCCCCCCCCC)c2cc(N(CC(=O)OC(C)(C)C)C(=O)OC(C)(C)C)ccc2-c2ccc(N(CC(=O)OC(C)(C)C)C(=O)OC(C)(C)C)cc21. The third-order valence-electron chi connectivity index (χ3n) is 11.5. The van der Waals surface area contributed by atoms with Crippen LogP contribution in [0.15, 0.2) is 36.4 Å². The maximum atomic E-state index is 14.1. The molecule has 0 aromatic heterocycles. The number of hydrogen-bond acceptors (Lipinski definition) is 8. The summed E-state index contributed by atoms with van der Waals surface area (Å²) in [6.45, 7) is 25.6. The lowest BCUT2D eigenvalue weighted by molar-refractivity contribution is -0.154. The Balaban J connectivity index is 2.28. The Morgan fingerprint density at radius 3 is 1.02 bits per heavy atom. The van der Waals surface area contributed by atoms with E-state index in [9.17, 15) is 19.2 Å². The van der Waals surface area contributed by atoms with E-state index in [1.54, 1.807) is 0 Å². The molecule has 0 N–H and O–H groups in total. The lowest BCUT2D eigenvalue weighted by Crippen LogP contribution is -2.42. The zero-order valence-corrected chi connectivity index (χ0v) is 43.3. The second-order valence-corrected chi connectivity index (χ2v) is 22.3. The normalized spacial score (nSPS) is 13.4. The molecule has 0 saturated heterocycles. The number of anilines is 2. The summed E-state index contributed by atoms with van der Waals surface area (Å²) < 4.78 is 23.3. The van der Waals surface area contributed by atoms with Crippen molar-refractivity contribution in [3.63, 3.8) is 0 Å². The van der Waals surface area contributed by atoms with Crippen LogP contribution in [0.2, 0.25) is 0 Å². The highest BCUT2D eigenvalue weighted by molar-refractivity contribution is 5.97. The van der Waals surface area contributed by atoms with Crippen molar-refractivity contribution in [1.82, 2.24) is 0 Å². The second kappa shape index (κ2) is 24.6. The summed E-state index contributed by atoms with van der Waals surface area (Å²) in [6.07, 6.45) is 19.3. The molecule has 0 atom stereocenters. The summed E-state index contributed by atoms with van der Waals surface area (Å²) in [6, 6.07) is 12.1. The molecular formula is C55H88N2O8. The third-order valence-corrected chi connectivity index (χ3v) is 11.5. The number of ether oxygens (including phenoxy) is 4. The number of nitrogens with zero attached hydrogens (tertiary/aromatic N) is 2. The van der Waals surface area contributed by atoms with Gasteiger partial charge in [0.25, 0.3) is 0 Å². The van der Waals surface area contributed by atoms with Crippen LogP contribution in [-0.2, 0) is 34.0 Å². The Kier molecular flexibility index (Phi) is 20.9. The fourth-order valence-electron chi connectivity index (χ4n) is 8.75. The van der Waals surface area contributed by atoms with E-state index in [2.05, 4.69) is 38.1 Å². The number of carbonyl (C=O) groups excluding carboxylic acids is 4. The molecule has 65 heavy (non-hydrogen) atoms. The molecule has 2 aromatic rings. The minimum absolute atomic E-state index is 0.319. The Morgan fingerprint density at radius 2 is 0.723 bits per heavy atom. The first-order valence-electron chi connectivity index (χ1n) is 25.0. The Labute approximate surface area is 394 Å². The first kappa shape index (κ1) is 55.2. The van der Waals surface area contributed by atoms with Crippen molar-refractivity contribution in [2.45, 2.75) is 240 Å². The molecule has 366 valence electrons. The summed E-state index contributed by atoms with van der Waals surface area (Å²) in [4.78, 5) is 57.9. The molecule has 0 aliphatic heterocycles. The number of benzene rings is 2. The number of esters is 2. The zero-order valence-electron chi connectivity index (χ0n) is 43.3. The number of carbonyl (C=O) groups is 4. The average Bonchev–Trinajstić information content (AvgIpc) is 3.43. The molecular weight excluding hydrogens is 817 g/mol.